The second-order valence-electron chi connectivity index (χ2n) is 8.99. The van der Waals surface area contributed by atoms with Gasteiger partial charge in [0, 0.05) is 70.1 Å². The Labute approximate surface area is 176 Å². The molecule has 1 aromatic rings. The van der Waals surface area contributed by atoms with E-state index in [-0.39, 0.29) is 11.4 Å². The number of ether oxygens (including phenoxy) is 1. The maximum Gasteiger partial charge on any atom is 0.227 e. The highest BCUT2D eigenvalue weighted by atomic mass is 16.5. The van der Waals surface area contributed by atoms with E-state index in [1.54, 1.807) is 0 Å². The van der Waals surface area contributed by atoms with Crippen molar-refractivity contribution in [3.63, 3.8) is 0 Å². The van der Waals surface area contributed by atoms with E-state index >= 15 is 0 Å². The quantitative estimate of drug-likeness (QED) is 0.702. The first-order valence-corrected chi connectivity index (χ1v) is 11.2. The van der Waals surface area contributed by atoms with Crippen molar-refractivity contribution in [2.24, 2.45) is 5.92 Å². The Hall–Kier alpha value is -1.50. The molecule has 2 saturated heterocycles. The molecule has 2 fully saturated rings. The summed E-state index contributed by atoms with van der Waals surface area (Å²) in [6.07, 6.45) is 2.43. The first-order chi connectivity index (χ1) is 13.9. The van der Waals surface area contributed by atoms with Gasteiger partial charge >= 0.3 is 0 Å². The Kier molecular flexibility index (Phi) is 7.66. The van der Waals surface area contributed by atoms with Gasteiger partial charge in [-0.2, -0.15) is 0 Å². The predicted octanol–water partition coefficient (Wildman–Crippen LogP) is 2.96. The monoisotopic (exact) mass is 402 g/mol. The summed E-state index contributed by atoms with van der Waals surface area (Å²) >= 11 is 0. The molecule has 3 heterocycles. The zero-order chi connectivity index (χ0) is 20.9. The number of amides is 1. The lowest BCUT2D eigenvalue weighted by Crippen LogP contribution is -2.63. The molecule has 0 spiro atoms. The van der Waals surface area contributed by atoms with E-state index in [1.165, 1.54) is 0 Å². The highest BCUT2D eigenvalue weighted by Gasteiger charge is 2.42. The maximum atomic E-state index is 12.9. The van der Waals surface area contributed by atoms with E-state index in [0.717, 1.165) is 70.3 Å². The number of rotatable bonds is 7. The van der Waals surface area contributed by atoms with Crippen molar-refractivity contribution in [3.05, 3.63) is 23.9 Å². The summed E-state index contributed by atoms with van der Waals surface area (Å²) in [5, 5.41) is 0. The van der Waals surface area contributed by atoms with E-state index in [4.69, 9.17) is 4.74 Å². The minimum atomic E-state index is -0.0293. The summed E-state index contributed by atoms with van der Waals surface area (Å²) in [4.78, 5) is 24.7. The molecule has 0 aliphatic carbocycles. The lowest BCUT2D eigenvalue weighted by molar-refractivity contribution is -0.119. The molecule has 3 rings (SSSR count). The molecule has 1 aromatic heterocycles. The molecule has 1 amide bonds. The van der Waals surface area contributed by atoms with Gasteiger partial charge < -0.3 is 9.64 Å². The molecule has 0 N–H and O–H groups in total. The van der Waals surface area contributed by atoms with Gasteiger partial charge in [0.2, 0.25) is 5.91 Å². The third-order valence-electron chi connectivity index (χ3n) is 6.30. The number of carbonyl (C=O) groups excluding carboxylic acids is 1. The van der Waals surface area contributed by atoms with Crippen molar-refractivity contribution in [2.75, 3.05) is 57.4 Å². The van der Waals surface area contributed by atoms with Crippen LogP contribution in [0.15, 0.2) is 18.2 Å². The van der Waals surface area contributed by atoms with Gasteiger partial charge in [-0.3, -0.25) is 14.6 Å². The second-order valence-corrected chi connectivity index (χ2v) is 8.99. The predicted molar refractivity (Wildman–Crippen MR) is 117 cm³/mol. The van der Waals surface area contributed by atoms with Crippen LogP contribution in [0.3, 0.4) is 0 Å². The van der Waals surface area contributed by atoms with Crippen LogP contribution < -0.4 is 4.90 Å². The Morgan fingerprint density at radius 2 is 1.90 bits per heavy atom. The summed E-state index contributed by atoms with van der Waals surface area (Å²) in [5.41, 5.74) is 0.915. The molecule has 29 heavy (non-hydrogen) atoms. The number of anilines is 1. The highest BCUT2D eigenvalue weighted by molar-refractivity contribution is 5.92. The van der Waals surface area contributed by atoms with Crippen molar-refractivity contribution < 1.29 is 9.53 Å². The van der Waals surface area contributed by atoms with Gasteiger partial charge in [0.05, 0.1) is 0 Å². The number of aryl methyl sites for hydroxylation is 1. The van der Waals surface area contributed by atoms with Crippen molar-refractivity contribution in [1.29, 1.82) is 0 Å². The Morgan fingerprint density at radius 1 is 1.21 bits per heavy atom. The molecule has 2 aliphatic rings. The van der Waals surface area contributed by atoms with Crippen LogP contribution in [0.1, 0.15) is 45.7 Å². The van der Waals surface area contributed by atoms with Crippen LogP contribution in [-0.4, -0.2) is 78.7 Å². The molecule has 0 radical (unpaired) electrons. The molecular formula is C23H38N4O2. The lowest BCUT2D eigenvalue weighted by Gasteiger charge is -2.51. The third-order valence-corrected chi connectivity index (χ3v) is 6.30. The second kappa shape index (κ2) is 10.0. The van der Waals surface area contributed by atoms with E-state index in [1.807, 2.05) is 36.9 Å². The van der Waals surface area contributed by atoms with Crippen molar-refractivity contribution >= 4 is 11.7 Å². The van der Waals surface area contributed by atoms with Gasteiger partial charge in [-0.1, -0.05) is 26.8 Å². The summed E-state index contributed by atoms with van der Waals surface area (Å²) < 4.78 is 5.73. The van der Waals surface area contributed by atoms with E-state index < -0.39 is 0 Å². The van der Waals surface area contributed by atoms with E-state index in [0.29, 0.717) is 18.9 Å². The minimum absolute atomic E-state index is 0.0293. The number of nitrogens with zero attached hydrogens (tertiary/aromatic N) is 4. The van der Waals surface area contributed by atoms with Crippen LogP contribution in [0.25, 0.3) is 0 Å². The SMILES string of the molecule is CCC(=O)N(CC1(N2CCN(CC(C)C)CC2)CCOCC1)c1cccc(C)n1. The number of hydrogen-bond donors (Lipinski definition) is 0. The number of aromatic nitrogens is 1. The van der Waals surface area contributed by atoms with Crippen LogP contribution in [0.5, 0.6) is 0 Å². The Balaban J connectivity index is 1.80. The highest BCUT2D eigenvalue weighted by Crippen LogP contribution is 2.32. The van der Waals surface area contributed by atoms with Gasteiger partial charge in [-0.05, 0) is 37.8 Å². The first kappa shape index (κ1) is 22.2. The molecule has 0 atom stereocenters. The van der Waals surface area contributed by atoms with E-state index in [9.17, 15) is 4.79 Å². The Bertz CT molecular complexity index is 665. The zero-order valence-corrected chi connectivity index (χ0v) is 18.7. The van der Waals surface area contributed by atoms with Crippen LogP contribution in [0.4, 0.5) is 5.82 Å². The van der Waals surface area contributed by atoms with Crippen molar-refractivity contribution in [2.45, 2.75) is 52.5 Å². The van der Waals surface area contributed by atoms with Gasteiger partial charge in [-0.25, -0.2) is 4.98 Å². The molecule has 162 valence electrons. The largest absolute Gasteiger partial charge is 0.381 e. The summed E-state index contributed by atoms with van der Waals surface area (Å²) in [6.45, 7) is 16.2. The number of pyridine rings is 1. The van der Waals surface area contributed by atoms with Crippen LogP contribution in [-0.2, 0) is 9.53 Å². The van der Waals surface area contributed by atoms with Crippen LogP contribution >= 0.6 is 0 Å². The van der Waals surface area contributed by atoms with Gasteiger partial charge in [0.15, 0.2) is 0 Å². The van der Waals surface area contributed by atoms with Crippen LogP contribution in [0, 0.1) is 12.8 Å². The maximum absolute atomic E-state index is 12.9. The van der Waals surface area contributed by atoms with Crippen molar-refractivity contribution in [1.82, 2.24) is 14.8 Å². The smallest absolute Gasteiger partial charge is 0.227 e. The molecule has 0 aromatic carbocycles. The Morgan fingerprint density at radius 3 is 2.48 bits per heavy atom. The normalized spacial score (nSPS) is 20.7. The molecule has 0 unspecified atom stereocenters. The zero-order valence-electron chi connectivity index (χ0n) is 18.7. The van der Waals surface area contributed by atoms with E-state index in [2.05, 4.69) is 28.6 Å². The molecule has 0 bridgehead atoms. The third kappa shape index (κ3) is 5.56. The molecular weight excluding hydrogens is 364 g/mol. The fourth-order valence-electron chi connectivity index (χ4n) is 4.71. The summed E-state index contributed by atoms with van der Waals surface area (Å²) in [7, 11) is 0. The topological polar surface area (TPSA) is 48.9 Å². The summed E-state index contributed by atoms with van der Waals surface area (Å²) in [6, 6.07) is 5.94. The molecule has 6 heteroatoms. The standard InChI is InChI=1S/C23H38N4O2/c1-5-22(28)27(21-8-6-7-20(4)24-21)18-23(9-15-29-16-10-23)26-13-11-25(12-14-26)17-19(2)3/h6-8,19H,5,9-18H2,1-4H3. The van der Waals surface area contributed by atoms with Gasteiger partial charge in [-0.15, -0.1) is 0 Å². The fourth-order valence-corrected chi connectivity index (χ4v) is 4.71. The average Bonchev–Trinajstić information content (AvgIpc) is 2.72. The number of piperazine rings is 1. The first-order valence-electron chi connectivity index (χ1n) is 11.2. The van der Waals surface area contributed by atoms with Gasteiger partial charge in [0.25, 0.3) is 0 Å². The van der Waals surface area contributed by atoms with Crippen molar-refractivity contribution in [3.8, 4) is 0 Å². The number of hydrogen-bond acceptors (Lipinski definition) is 5. The van der Waals surface area contributed by atoms with Gasteiger partial charge in [0.1, 0.15) is 5.82 Å². The minimum Gasteiger partial charge on any atom is -0.381 e. The molecule has 0 saturated carbocycles. The average molecular weight is 403 g/mol. The fraction of sp³-hybridized carbons (Fsp3) is 0.739. The summed E-state index contributed by atoms with van der Waals surface area (Å²) in [5.74, 6) is 1.62. The van der Waals surface area contributed by atoms with Crippen LogP contribution in [0.2, 0.25) is 0 Å². The molecule has 2 aliphatic heterocycles. The number of carbonyl (C=O) groups is 1. The molecule has 6 nitrogen and oxygen atoms in total. The lowest BCUT2D eigenvalue weighted by atomic mass is 9.86.